The monoisotopic (exact) mass is 395 g/mol. The molecule has 0 spiro atoms. The second-order valence-corrected chi connectivity index (χ2v) is 6.70. The van der Waals surface area contributed by atoms with Crippen LogP contribution < -0.4 is 15.9 Å². The number of aromatic nitrogens is 2. The first-order valence-electron chi connectivity index (χ1n) is 9.56. The fourth-order valence-electron chi connectivity index (χ4n) is 3.11. The number of aromatic amines is 1. The molecule has 0 saturated heterocycles. The molecule has 6 heteroatoms. The number of rotatable bonds is 6. The lowest BCUT2D eigenvalue weighted by molar-refractivity contribution is 1.04. The quantitative estimate of drug-likeness (QED) is 0.356. The molecule has 4 rings (SSSR count). The van der Waals surface area contributed by atoms with Gasteiger partial charge in [-0.1, -0.05) is 48.5 Å². The van der Waals surface area contributed by atoms with Crippen LogP contribution in [0.2, 0.25) is 0 Å². The minimum Gasteiger partial charge on any atom is -0.311 e. The SMILES string of the molecule is Cc1cc(=O)[nH]c(NN=Cc2ccc(N(c3ccccc3)c3ccccc3)cc2)n1. The van der Waals surface area contributed by atoms with E-state index in [1.54, 1.807) is 13.1 Å². The van der Waals surface area contributed by atoms with Gasteiger partial charge in [0, 0.05) is 28.8 Å². The van der Waals surface area contributed by atoms with E-state index in [2.05, 4.69) is 49.7 Å². The third-order valence-corrected chi connectivity index (χ3v) is 4.43. The summed E-state index contributed by atoms with van der Waals surface area (Å²) in [6.45, 7) is 1.76. The van der Waals surface area contributed by atoms with Gasteiger partial charge in [-0.15, -0.1) is 0 Å². The Morgan fingerprint density at radius 1 is 0.867 bits per heavy atom. The minimum atomic E-state index is -0.216. The summed E-state index contributed by atoms with van der Waals surface area (Å²) in [5.74, 6) is 0.312. The highest BCUT2D eigenvalue weighted by Crippen LogP contribution is 2.33. The van der Waals surface area contributed by atoms with Crippen LogP contribution in [0.5, 0.6) is 0 Å². The molecule has 0 fully saturated rings. The van der Waals surface area contributed by atoms with Crippen LogP contribution in [0.4, 0.5) is 23.0 Å². The zero-order valence-corrected chi connectivity index (χ0v) is 16.5. The van der Waals surface area contributed by atoms with E-state index in [1.807, 2.05) is 60.7 Å². The van der Waals surface area contributed by atoms with Crippen LogP contribution in [-0.4, -0.2) is 16.2 Å². The molecule has 0 atom stereocenters. The Kier molecular flexibility index (Phi) is 5.66. The van der Waals surface area contributed by atoms with Crippen molar-refractivity contribution in [3.63, 3.8) is 0 Å². The number of para-hydroxylation sites is 2. The summed E-state index contributed by atoms with van der Waals surface area (Å²) in [4.78, 5) is 20.5. The Morgan fingerprint density at radius 2 is 1.43 bits per heavy atom. The highest BCUT2D eigenvalue weighted by atomic mass is 16.1. The number of hydrazone groups is 1. The first kappa shape index (κ1) is 19.1. The van der Waals surface area contributed by atoms with Crippen LogP contribution in [-0.2, 0) is 0 Å². The molecule has 30 heavy (non-hydrogen) atoms. The minimum absolute atomic E-state index is 0.216. The number of aryl methyl sites for hydroxylation is 1. The second-order valence-electron chi connectivity index (χ2n) is 6.70. The first-order chi connectivity index (χ1) is 14.7. The Hall–Kier alpha value is -4.19. The highest BCUT2D eigenvalue weighted by Gasteiger charge is 2.11. The molecule has 4 aromatic rings. The van der Waals surface area contributed by atoms with Crippen LogP contribution >= 0.6 is 0 Å². The topological polar surface area (TPSA) is 73.4 Å². The number of H-pyrrole nitrogens is 1. The standard InChI is InChI=1S/C24H21N5O/c1-18-16-23(30)27-24(26-18)28-25-17-19-12-14-22(15-13-19)29(20-8-4-2-5-9-20)21-10-6-3-7-11-21/h2-17H,1H3,(H2,26,27,28,30). The van der Waals surface area contributed by atoms with E-state index < -0.39 is 0 Å². The molecule has 0 saturated carbocycles. The molecular formula is C24H21N5O. The van der Waals surface area contributed by atoms with Crippen molar-refractivity contribution in [1.29, 1.82) is 0 Å². The third-order valence-electron chi connectivity index (χ3n) is 4.43. The van der Waals surface area contributed by atoms with Gasteiger partial charge < -0.3 is 4.90 Å². The zero-order valence-electron chi connectivity index (χ0n) is 16.5. The molecule has 0 aliphatic rings. The molecule has 0 radical (unpaired) electrons. The zero-order chi connectivity index (χ0) is 20.8. The Balaban J connectivity index is 1.55. The number of benzene rings is 3. The van der Waals surface area contributed by atoms with E-state index in [0.29, 0.717) is 11.6 Å². The van der Waals surface area contributed by atoms with Crippen molar-refractivity contribution in [3.8, 4) is 0 Å². The average Bonchev–Trinajstić information content (AvgIpc) is 2.76. The normalized spacial score (nSPS) is 10.8. The Labute approximate surface area is 174 Å². The summed E-state index contributed by atoms with van der Waals surface area (Å²) in [7, 11) is 0. The van der Waals surface area contributed by atoms with Gasteiger partial charge in [0.25, 0.3) is 5.56 Å². The molecule has 2 N–H and O–H groups in total. The van der Waals surface area contributed by atoms with Gasteiger partial charge in [0.05, 0.1) is 6.21 Å². The molecule has 0 aliphatic heterocycles. The maximum absolute atomic E-state index is 11.5. The van der Waals surface area contributed by atoms with Crippen molar-refractivity contribution in [2.24, 2.45) is 5.10 Å². The van der Waals surface area contributed by atoms with Crippen molar-refractivity contribution in [1.82, 2.24) is 9.97 Å². The lowest BCUT2D eigenvalue weighted by atomic mass is 10.1. The van der Waals surface area contributed by atoms with Crippen LogP contribution in [0.3, 0.4) is 0 Å². The first-order valence-corrected chi connectivity index (χ1v) is 9.56. The molecule has 1 heterocycles. The molecule has 6 nitrogen and oxygen atoms in total. The lowest BCUT2D eigenvalue weighted by Gasteiger charge is -2.25. The van der Waals surface area contributed by atoms with Gasteiger partial charge in [-0.3, -0.25) is 9.78 Å². The molecule has 0 bridgehead atoms. The predicted octanol–water partition coefficient (Wildman–Crippen LogP) is 4.99. The Bertz CT molecular complexity index is 1150. The molecule has 1 aromatic heterocycles. The fourth-order valence-corrected chi connectivity index (χ4v) is 3.11. The Morgan fingerprint density at radius 3 is 2.00 bits per heavy atom. The maximum Gasteiger partial charge on any atom is 0.252 e. The van der Waals surface area contributed by atoms with E-state index in [-0.39, 0.29) is 5.56 Å². The van der Waals surface area contributed by atoms with Crippen molar-refractivity contribution in [2.75, 3.05) is 10.3 Å². The van der Waals surface area contributed by atoms with Gasteiger partial charge in [-0.05, 0) is 48.9 Å². The summed E-state index contributed by atoms with van der Waals surface area (Å²) in [6, 6.07) is 30.0. The predicted molar refractivity (Wildman–Crippen MR) is 122 cm³/mol. The van der Waals surface area contributed by atoms with Crippen molar-refractivity contribution in [3.05, 3.63) is 113 Å². The third kappa shape index (κ3) is 4.62. The molecule has 148 valence electrons. The van der Waals surface area contributed by atoms with E-state index in [0.717, 1.165) is 22.6 Å². The molecular weight excluding hydrogens is 374 g/mol. The van der Waals surface area contributed by atoms with Gasteiger partial charge in [0.1, 0.15) is 0 Å². The molecule has 0 aliphatic carbocycles. The van der Waals surface area contributed by atoms with E-state index in [4.69, 9.17) is 0 Å². The summed E-state index contributed by atoms with van der Waals surface area (Å²) < 4.78 is 0. The van der Waals surface area contributed by atoms with Crippen LogP contribution in [0.25, 0.3) is 0 Å². The van der Waals surface area contributed by atoms with Crippen molar-refractivity contribution in [2.45, 2.75) is 6.92 Å². The summed E-state index contributed by atoms with van der Waals surface area (Å²) in [6.07, 6.45) is 1.68. The number of hydrogen-bond acceptors (Lipinski definition) is 5. The maximum atomic E-state index is 11.5. The van der Waals surface area contributed by atoms with Crippen LogP contribution in [0.15, 0.2) is 101 Å². The second kappa shape index (κ2) is 8.87. The van der Waals surface area contributed by atoms with Gasteiger partial charge in [-0.2, -0.15) is 5.10 Å². The average molecular weight is 395 g/mol. The van der Waals surface area contributed by atoms with E-state index in [9.17, 15) is 4.79 Å². The van der Waals surface area contributed by atoms with Crippen LogP contribution in [0.1, 0.15) is 11.3 Å². The van der Waals surface area contributed by atoms with Gasteiger partial charge >= 0.3 is 0 Å². The van der Waals surface area contributed by atoms with Gasteiger partial charge in [-0.25, -0.2) is 10.4 Å². The van der Waals surface area contributed by atoms with Crippen molar-refractivity contribution < 1.29 is 0 Å². The largest absolute Gasteiger partial charge is 0.311 e. The van der Waals surface area contributed by atoms with Crippen LogP contribution in [0, 0.1) is 6.92 Å². The number of nitrogens with one attached hydrogen (secondary N) is 2. The highest BCUT2D eigenvalue weighted by molar-refractivity contribution is 5.83. The number of nitrogens with zero attached hydrogens (tertiary/aromatic N) is 3. The smallest absolute Gasteiger partial charge is 0.252 e. The summed E-state index contributed by atoms with van der Waals surface area (Å²) in [5, 5.41) is 4.16. The molecule has 3 aromatic carbocycles. The fraction of sp³-hybridized carbons (Fsp3) is 0.0417. The summed E-state index contributed by atoms with van der Waals surface area (Å²) >= 11 is 0. The van der Waals surface area contributed by atoms with Gasteiger partial charge in [0.2, 0.25) is 5.95 Å². The van der Waals surface area contributed by atoms with Gasteiger partial charge in [0.15, 0.2) is 0 Å². The number of hydrogen-bond donors (Lipinski definition) is 2. The van der Waals surface area contributed by atoms with E-state index in [1.165, 1.54) is 6.07 Å². The van der Waals surface area contributed by atoms with E-state index >= 15 is 0 Å². The number of anilines is 4. The lowest BCUT2D eigenvalue weighted by Crippen LogP contribution is -2.10. The van der Waals surface area contributed by atoms with Crippen molar-refractivity contribution >= 4 is 29.2 Å². The molecule has 0 amide bonds. The summed E-state index contributed by atoms with van der Waals surface area (Å²) in [5.41, 5.74) is 7.30. The molecule has 0 unspecified atom stereocenters.